The lowest BCUT2D eigenvalue weighted by atomic mass is 9.98. The van der Waals surface area contributed by atoms with E-state index in [4.69, 9.17) is 0 Å². The smallest absolute Gasteiger partial charge is 0.288 e. The summed E-state index contributed by atoms with van der Waals surface area (Å²) < 4.78 is 37.8. The van der Waals surface area contributed by atoms with E-state index in [1.807, 2.05) is 0 Å². The molecule has 0 heterocycles. The van der Waals surface area contributed by atoms with Crippen molar-refractivity contribution in [2.45, 2.75) is 26.2 Å². The van der Waals surface area contributed by atoms with E-state index in [9.17, 15) is 18.0 Å². The molecule has 1 aromatic carbocycles. The summed E-state index contributed by atoms with van der Waals surface area (Å²) >= 11 is 0. The molecule has 0 saturated heterocycles. The van der Waals surface area contributed by atoms with E-state index in [2.05, 4.69) is 0 Å². The molecular formula is C11H11F3O. The van der Waals surface area contributed by atoms with Crippen LogP contribution < -0.4 is 0 Å². The fourth-order valence-electron chi connectivity index (χ4n) is 1.30. The number of hydrogen-bond donors (Lipinski definition) is 0. The zero-order chi connectivity index (χ0) is 11.6. The number of benzene rings is 1. The summed E-state index contributed by atoms with van der Waals surface area (Å²) in [5.41, 5.74) is -0.252. The van der Waals surface area contributed by atoms with Gasteiger partial charge < -0.3 is 0 Å². The van der Waals surface area contributed by atoms with Crippen LogP contribution in [0.5, 0.6) is 0 Å². The topological polar surface area (TPSA) is 17.1 Å². The minimum atomic E-state index is -3.16. The lowest BCUT2D eigenvalue weighted by Crippen LogP contribution is -2.13. The summed E-state index contributed by atoms with van der Waals surface area (Å²) in [5, 5.41) is 0. The minimum Gasteiger partial charge on any atom is -0.288 e. The third-order valence-corrected chi connectivity index (χ3v) is 2.11. The first-order valence-corrected chi connectivity index (χ1v) is 4.56. The van der Waals surface area contributed by atoms with Crippen molar-refractivity contribution in [1.82, 2.24) is 0 Å². The fraction of sp³-hybridized carbons (Fsp3) is 0.364. The normalized spacial score (nSPS) is 11.1. The molecule has 0 atom stereocenters. The first-order chi connectivity index (χ1) is 6.95. The third kappa shape index (κ3) is 2.37. The van der Waals surface area contributed by atoms with Gasteiger partial charge in [-0.25, -0.2) is 13.2 Å². The number of ketones is 1. The highest BCUT2D eigenvalue weighted by atomic mass is 19.3. The summed E-state index contributed by atoms with van der Waals surface area (Å²) in [6, 6.07) is 3.98. The highest BCUT2D eigenvalue weighted by molar-refractivity contribution is 5.98. The summed E-state index contributed by atoms with van der Waals surface area (Å²) in [4.78, 5) is 11.0. The number of halogens is 3. The predicted octanol–water partition coefficient (Wildman–Crippen LogP) is 3.40. The summed E-state index contributed by atoms with van der Waals surface area (Å²) in [5.74, 6) is -2.44. The van der Waals surface area contributed by atoms with Gasteiger partial charge in [-0.1, -0.05) is 26.0 Å². The monoisotopic (exact) mass is 216 g/mol. The Hall–Kier alpha value is -1.32. The molecule has 0 saturated carbocycles. The molecule has 15 heavy (non-hydrogen) atoms. The average molecular weight is 216 g/mol. The molecule has 4 heteroatoms. The van der Waals surface area contributed by atoms with Gasteiger partial charge in [0.25, 0.3) is 0 Å². The molecule has 0 aliphatic rings. The number of hydrogen-bond acceptors (Lipinski definition) is 1. The maximum atomic E-state index is 13.6. The van der Waals surface area contributed by atoms with Gasteiger partial charge in [0.05, 0.1) is 5.56 Å². The van der Waals surface area contributed by atoms with Crippen LogP contribution in [0.25, 0.3) is 0 Å². The highest BCUT2D eigenvalue weighted by Crippen LogP contribution is 2.22. The zero-order valence-electron chi connectivity index (χ0n) is 8.43. The van der Waals surface area contributed by atoms with Crippen molar-refractivity contribution in [3.8, 4) is 0 Å². The van der Waals surface area contributed by atoms with E-state index in [0.29, 0.717) is 0 Å². The number of carbonyl (C=O) groups is 1. The zero-order valence-corrected chi connectivity index (χ0v) is 8.43. The van der Waals surface area contributed by atoms with Crippen molar-refractivity contribution in [1.29, 1.82) is 0 Å². The van der Waals surface area contributed by atoms with Gasteiger partial charge in [0.1, 0.15) is 5.82 Å². The highest BCUT2D eigenvalue weighted by Gasteiger charge is 2.23. The molecule has 0 unspecified atom stereocenters. The Labute approximate surface area is 85.9 Å². The number of alkyl halides is 2. The van der Waals surface area contributed by atoms with Crippen molar-refractivity contribution in [3.05, 3.63) is 35.1 Å². The molecule has 1 rings (SSSR count). The molecule has 0 aliphatic heterocycles. The van der Waals surface area contributed by atoms with E-state index in [0.717, 1.165) is 6.07 Å². The Bertz CT molecular complexity index is 372. The van der Waals surface area contributed by atoms with Crippen LogP contribution in [0.1, 0.15) is 35.7 Å². The number of rotatable bonds is 3. The molecule has 82 valence electrons. The van der Waals surface area contributed by atoms with Crippen LogP contribution in [0, 0.1) is 5.82 Å². The van der Waals surface area contributed by atoms with Crippen LogP contribution in [0.15, 0.2) is 18.2 Å². The molecule has 0 aliphatic carbocycles. The van der Waals surface area contributed by atoms with Crippen molar-refractivity contribution < 1.29 is 18.0 Å². The molecule has 0 spiro atoms. The Morgan fingerprint density at radius 2 is 1.87 bits per heavy atom. The average Bonchev–Trinajstić information content (AvgIpc) is 2.16. The Balaban J connectivity index is 3.21. The van der Waals surface area contributed by atoms with Gasteiger partial charge in [0.2, 0.25) is 5.78 Å². The first-order valence-electron chi connectivity index (χ1n) is 4.56. The predicted molar refractivity (Wildman–Crippen MR) is 50.8 cm³/mol. The Morgan fingerprint density at radius 3 is 2.33 bits per heavy atom. The van der Waals surface area contributed by atoms with Crippen LogP contribution in [0.2, 0.25) is 0 Å². The van der Waals surface area contributed by atoms with Crippen LogP contribution in [-0.4, -0.2) is 12.2 Å². The lowest BCUT2D eigenvalue weighted by molar-refractivity contribution is 0.0674. The second-order valence-electron chi connectivity index (χ2n) is 3.53. The van der Waals surface area contributed by atoms with E-state index in [1.54, 1.807) is 13.8 Å². The molecule has 0 fully saturated rings. The quantitative estimate of drug-likeness (QED) is 0.708. The van der Waals surface area contributed by atoms with Gasteiger partial charge in [-0.15, -0.1) is 0 Å². The van der Waals surface area contributed by atoms with Crippen LogP contribution >= 0.6 is 0 Å². The van der Waals surface area contributed by atoms with Crippen molar-refractivity contribution >= 4 is 5.78 Å². The molecule has 1 nitrogen and oxygen atoms in total. The van der Waals surface area contributed by atoms with Gasteiger partial charge in [0.15, 0.2) is 0 Å². The molecule has 0 bridgehead atoms. The maximum Gasteiger partial charge on any atom is 0.300 e. The van der Waals surface area contributed by atoms with Gasteiger partial charge in [-0.05, 0) is 17.5 Å². The van der Waals surface area contributed by atoms with Gasteiger partial charge in [-0.2, -0.15) is 0 Å². The molecular weight excluding hydrogens is 205 g/mol. The summed E-state index contributed by atoms with van der Waals surface area (Å²) in [6.07, 6.45) is -3.16. The van der Waals surface area contributed by atoms with Crippen LogP contribution in [0.3, 0.4) is 0 Å². The molecule has 0 amide bonds. The molecule has 1 aromatic rings. The van der Waals surface area contributed by atoms with Crippen molar-refractivity contribution in [3.63, 3.8) is 0 Å². The summed E-state index contributed by atoms with van der Waals surface area (Å²) in [6.45, 7) is 3.46. The maximum absolute atomic E-state index is 13.6. The largest absolute Gasteiger partial charge is 0.300 e. The van der Waals surface area contributed by atoms with Gasteiger partial charge in [0, 0.05) is 0 Å². The molecule has 0 N–H and O–H groups in total. The summed E-state index contributed by atoms with van der Waals surface area (Å²) in [7, 11) is 0. The Kier molecular flexibility index (Phi) is 3.50. The molecule has 0 aromatic heterocycles. The first kappa shape index (κ1) is 11.8. The van der Waals surface area contributed by atoms with Crippen LogP contribution in [0.4, 0.5) is 13.2 Å². The van der Waals surface area contributed by atoms with Crippen LogP contribution in [-0.2, 0) is 0 Å². The molecule has 0 radical (unpaired) electrons. The third-order valence-electron chi connectivity index (χ3n) is 2.11. The van der Waals surface area contributed by atoms with Gasteiger partial charge >= 0.3 is 6.43 Å². The van der Waals surface area contributed by atoms with Crippen molar-refractivity contribution in [2.24, 2.45) is 0 Å². The van der Waals surface area contributed by atoms with E-state index in [-0.39, 0.29) is 11.5 Å². The van der Waals surface area contributed by atoms with E-state index in [1.165, 1.54) is 12.1 Å². The number of Topliss-reactive ketones (excluding diaryl/α,β-unsaturated/α-hetero) is 1. The van der Waals surface area contributed by atoms with Crippen molar-refractivity contribution in [2.75, 3.05) is 0 Å². The second-order valence-corrected chi connectivity index (χ2v) is 3.53. The number of carbonyl (C=O) groups excluding carboxylic acids is 1. The van der Waals surface area contributed by atoms with E-state index >= 15 is 0 Å². The van der Waals surface area contributed by atoms with E-state index < -0.39 is 23.6 Å². The minimum absolute atomic E-state index is 0.143. The lowest BCUT2D eigenvalue weighted by Gasteiger charge is -2.09. The standard InChI is InChI=1S/C11H11F3O/c1-6(2)7-4-3-5-8(9(7)12)10(15)11(13)14/h3-6,11H,1-2H3. The Morgan fingerprint density at radius 1 is 1.27 bits per heavy atom. The SMILES string of the molecule is CC(C)c1cccc(C(=O)C(F)F)c1F. The van der Waals surface area contributed by atoms with Gasteiger partial charge in [-0.3, -0.25) is 4.79 Å². The second kappa shape index (κ2) is 4.47. The fourth-order valence-corrected chi connectivity index (χ4v) is 1.30.